The van der Waals surface area contributed by atoms with Gasteiger partial charge in [0.2, 0.25) is 0 Å². The van der Waals surface area contributed by atoms with Crippen molar-refractivity contribution in [3.8, 4) is 11.3 Å². The molecule has 2 heterocycles. The van der Waals surface area contributed by atoms with Crippen LogP contribution in [0.4, 0.5) is 5.82 Å². The third kappa shape index (κ3) is 4.46. The number of aromatic carboxylic acids is 1. The summed E-state index contributed by atoms with van der Waals surface area (Å²) in [4.78, 5) is 22.1. The molecule has 0 radical (unpaired) electrons. The van der Waals surface area contributed by atoms with E-state index in [0.717, 1.165) is 33.9 Å². The van der Waals surface area contributed by atoms with Gasteiger partial charge in [0.1, 0.15) is 12.1 Å². The van der Waals surface area contributed by atoms with E-state index in [1.54, 1.807) is 23.5 Å². The first-order valence-corrected chi connectivity index (χ1v) is 12.5. The van der Waals surface area contributed by atoms with Crippen LogP contribution >= 0.6 is 34.7 Å². The van der Waals surface area contributed by atoms with E-state index >= 15 is 0 Å². The number of hydrogen-bond acceptors (Lipinski definition) is 6. The topological polar surface area (TPSA) is 75.1 Å². The largest absolute Gasteiger partial charge is 0.478 e. The fourth-order valence-corrected chi connectivity index (χ4v) is 5.87. The van der Waals surface area contributed by atoms with Gasteiger partial charge < -0.3 is 10.4 Å². The molecule has 8 heteroatoms. The number of benzene rings is 2. The summed E-state index contributed by atoms with van der Waals surface area (Å²) in [6.07, 6.45) is 4.22. The summed E-state index contributed by atoms with van der Waals surface area (Å²) in [7, 11) is 0. The molecule has 4 aromatic rings. The molecule has 0 spiro atoms. The molecule has 0 bridgehead atoms. The zero-order valence-electron chi connectivity index (χ0n) is 17.9. The second-order valence-electron chi connectivity index (χ2n) is 7.39. The van der Waals surface area contributed by atoms with Crippen LogP contribution in [-0.4, -0.2) is 33.8 Å². The van der Waals surface area contributed by atoms with Crippen molar-refractivity contribution in [2.24, 2.45) is 0 Å². The fourth-order valence-electron chi connectivity index (χ4n) is 3.72. The molecule has 0 fully saturated rings. The second kappa shape index (κ2) is 9.48. The summed E-state index contributed by atoms with van der Waals surface area (Å²) in [5.41, 5.74) is 4.41. The van der Waals surface area contributed by atoms with Gasteiger partial charge in [0.05, 0.1) is 11.3 Å². The first-order chi connectivity index (χ1) is 15.4. The summed E-state index contributed by atoms with van der Waals surface area (Å²) in [6.45, 7) is 4.97. The molecule has 2 N–H and O–H groups in total. The maximum atomic E-state index is 11.4. The van der Waals surface area contributed by atoms with Crippen molar-refractivity contribution >= 4 is 56.6 Å². The van der Waals surface area contributed by atoms with Crippen LogP contribution in [0.2, 0.25) is 5.02 Å². The van der Waals surface area contributed by atoms with Gasteiger partial charge in [-0.2, -0.15) is 0 Å². The van der Waals surface area contributed by atoms with Gasteiger partial charge in [-0.1, -0.05) is 23.7 Å². The molecule has 2 aromatic carbocycles. The molecule has 5 nitrogen and oxygen atoms in total. The van der Waals surface area contributed by atoms with Crippen molar-refractivity contribution in [2.45, 2.75) is 25.2 Å². The van der Waals surface area contributed by atoms with E-state index in [0.29, 0.717) is 17.0 Å². The Balaban J connectivity index is 1.53. The Morgan fingerprint density at radius 1 is 1.19 bits per heavy atom. The predicted octanol–water partition coefficient (Wildman–Crippen LogP) is 6.70. The Labute approximate surface area is 199 Å². The molecule has 0 saturated carbocycles. The Morgan fingerprint density at radius 3 is 2.75 bits per heavy atom. The zero-order valence-corrected chi connectivity index (χ0v) is 20.3. The molecule has 0 saturated heterocycles. The number of carboxylic acid groups (broad SMARTS) is 1. The normalized spacial score (nSPS) is 11.1. The highest BCUT2D eigenvalue weighted by Crippen LogP contribution is 2.38. The number of halogens is 1. The van der Waals surface area contributed by atoms with E-state index in [9.17, 15) is 9.90 Å². The van der Waals surface area contributed by atoms with Crippen LogP contribution in [-0.2, 0) is 6.42 Å². The van der Waals surface area contributed by atoms with Crippen LogP contribution in [0.5, 0.6) is 0 Å². The Bertz CT molecular complexity index is 1320. The highest BCUT2D eigenvalue weighted by atomic mass is 35.5. The summed E-state index contributed by atoms with van der Waals surface area (Å²) >= 11 is 9.71. The number of nitrogens with one attached hydrogen (secondary N) is 1. The number of anilines is 1. The lowest BCUT2D eigenvalue weighted by Gasteiger charge is -2.10. The van der Waals surface area contributed by atoms with Crippen molar-refractivity contribution in [1.82, 2.24) is 9.97 Å². The molecule has 0 aliphatic rings. The molecule has 0 aliphatic carbocycles. The van der Waals surface area contributed by atoms with Gasteiger partial charge >= 0.3 is 5.97 Å². The summed E-state index contributed by atoms with van der Waals surface area (Å²) in [5, 5.41) is 14.7. The van der Waals surface area contributed by atoms with Gasteiger partial charge in [-0.3, -0.25) is 0 Å². The number of aromatic nitrogens is 2. The molecular weight excluding hydrogens is 462 g/mol. The van der Waals surface area contributed by atoms with Gasteiger partial charge in [0.15, 0.2) is 0 Å². The second-order valence-corrected chi connectivity index (χ2v) is 9.87. The number of rotatable bonds is 7. The monoisotopic (exact) mass is 483 g/mol. The number of nitrogens with zero attached hydrogens (tertiary/aromatic N) is 2. The molecule has 32 heavy (non-hydrogen) atoms. The number of carboxylic acids is 1. The predicted molar refractivity (Wildman–Crippen MR) is 135 cm³/mol. The van der Waals surface area contributed by atoms with Gasteiger partial charge in [-0.15, -0.1) is 23.1 Å². The fraction of sp³-hybridized carbons (Fsp3) is 0.208. The molecule has 0 unspecified atom stereocenters. The minimum Gasteiger partial charge on any atom is -0.478 e. The van der Waals surface area contributed by atoms with E-state index in [4.69, 9.17) is 11.6 Å². The van der Waals surface area contributed by atoms with E-state index < -0.39 is 5.97 Å². The maximum Gasteiger partial charge on any atom is 0.336 e. The van der Waals surface area contributed by atoms with Crippen LogP contribution in [0, 0.1) is 13.8 Å². The van der Waals surface area contributed by atoms with E-state index in [1.165, 1.54) is 38.8 Å². The van der Waals surface area contributed by atoms with Crippen molar-refractivity contribution in [3.05, 3.63) is 69.3 Å². The molecule has 4 rings (SSSR count). The lowest BCUT2D eigenvalue weighted by Crippen LogP contribution is -2.07. The molecule has 164 valence electrons. The van der Waals surface area contributed by atoms with Crippen LogP contribution in [0.1, 0.15) is 26.4 Å². The average Bonchev–Trinajstić information content (AvgIpc) is 3.13. The molecule has 2 aromatic heterocycles. The zero-order chi connectivity index (χ0) is 22.8. The van der Waals surface area contributed by atoms with Crippen LogP contribution in [0.15, 0.2) is 47.6 Å². The molecule has 0 amide bonds. The molecule has 0 aliphatic heterocycles. The van der Waals surface area contributed by atoms with Crippen molar-refractivity contribution in [3.63, 3.8) is 0 Å². The van der Waals surface area contributed by atoms with Gasteiger partial charge in [-0.25, -0.2) is 14.8 Å². The lowest BCUT2D eigenvalue weighted by molar-refractivity contribution is 0.0693. The van der Waals surface area contributed by atoms with Gasteiger partial charge in [-0.05, 0) is 55.9 Å². The van der Waals surface area contributed by atoms with Crippen molar-refractivity contribution in [2.75, 3.05) is 18.1 Å². The Hall–Kier alpha value is -2.61. The minimum atomic E-state index is -0.933. The lowest BCUT2D eigenvalue weighted by atomic mass is 10.1. The summed E-state index contributed by atoms with van der Waals surface area (Å²) in [5.74, 6) is -0.208. The minimum absolute atomic E-state index is 0.293. The van der Waals surface area contributed by atoms with Crippen molar-refractivity contribution < 1.29 is 9.90 Å². The number of hydrogen-bond donors (Lipinski definition) is 2. The first-order valence-electron chi connectivity index (χ1n) is 10.0. The number of aryl methyl sites for hydroxylation is 2. The van der Waals surface area contributed by atoms with Crippen molar-refractivity contribution in [1.29, 1.82) is 0 Å². The van der Waals surface area contributed by atoms with E-state index in [1.807, 2.05) is 24.5 Å². The van der Waals surface area contributed by atoms with Gasteiger partial charge in [0, 0.05) is 43.1 Å². The van der Waals surface area contributed by atoms with Gasteiger partial charge in [0.25, 0.3) is 0 Å². The Kier molecular flexibility index (Phi) is 6.69. The highest BCUT2D eigenvalue weighted by Gasteiger charge is 2.14. The first kappa shape index (κ1) is 22.6. The quantitative estimate of drug-likeness (QED) is 0.285. The van der Waals surface area contributed by atoms with Crippen LogP contribution < -0.4 is 5.32 Å². The summed E-state index contributed by atoms with van der Waals surface area (Å²) < 4.78 is 1.25. The van der Waals surface area contributed by atoms with E-state index in [2.05, 4.69) is 35.2 Å². The van der Waals surface area contributed by atoms with E-state index in [-0.39, 0.29) is 0 Å². The van der Waals surface area contributed by atoms with Crippen LogP contribution in [0.3, 0.4) is 0 Å². The molecule has 0 atom stereocenters. The summed E-state index contributed by atoms with van der Waals surface area (Å²) in [6, 6.07) is 11.2. The molecular formula is C24H22ClN3O2S2. The van der Waals surface area contributed by atoms with Crippen LogP contribution in [0.25, 0.3) is 21.3 Å². The number of carbonyl (C=O) groups is 1. The standard InChI is InChI=1S/C24H22ClN3O2S2/c1-13-4-7-18(25)22-16(14(2)32-23(13)22)8-9-26-21-11-19(27-12-28-21)15-5-6-17(24(29)30)20(10-15)31-3/h4-7,10-12H,8-9H2,1-3H3,(H,29,30)(H,26,27,28). The third-order valence-corrected chi connectivity index (χ3v) is 7.74. The third-order valence-electron chi connectivity index (χ3n) is 5.36. The highest BCUT2D eigenvalue weighted by molar-refractivity contribution is 7.98. The number of thiophene rings is 1. The average molecular weight is 484 g/mol. The Morgan fingerprint density at radius 2 is 2.00 bits per heavy atom. The number of fused-ring (bicyclic) bond motifs is 1. The smallest absolute Gasteiger partial charge is 0.336 e. The SMILES string of the molecule is CSc1cc(-c2cc(NCCc3c(C)sc4c(C)ccc(Cl)c34)ncn2)ccc1C(=O)O. The maximum absolute atomic E-state index is 11.4. The number of thioether (sulfide) groups is 1.